The highest BCUT2D eigenvalue weighted by molar-refractivity contribution is 7.93. The molecule has 0 aliphatic heterocycles. The molecule has 1 aromatic heterocycles. The average molecular weight is 391 g/mol. The minimum atomic E-state index is -3.85. The summed E-state index contributed by atoms with van der Waals surface area (Å²) in [7, 11) is -0.00806. The molecule has 0 saturated heterocycles. The first-order chi connectivity index (χ1) is 12.2. The van der Waals surface area contributed by atoms with Crippen molar-refractivity contribution in [2.45, 2.75) is 18.7 Å². The highest BCUT2D eigenvalue weighted by Gasteiger charge is 2.21. The molecule has 0 saturated carbocycles. The number of anilines is 2. The van der Waals surface area contributed by atoms with E-state index in [1.54, 1.807) is 32.0 Å². The second-order valence-corrected chi connectivity index (χ2v) is 8.23. The van der Waals surface area contributed by atoms with Crippen molar-refractivity contribution in [1.29, 1.82) is 0 Å². The van der Waals surface area contributed by atoms with Crippen molar-refractivity contribution in [1.82, 2.24) is 10.2 Å². The number of aromatic nitrogens is 2. The Morgan fingerprint density at radius 3 is 2.31 bits per heavy atom. The van der Waals surface area contributed by atoms with E-state index in [2.05, 4.69) is 14.9 Å². The standard InChI is InChI=1S/C18H19ClN4O2S/c1-11-12(2)18(21-20-17(11)19)22-26(24,25)16-10-6-7-13-14(16)8-5-9-15(13)23(3)4/h5-10H,1-4H3,(H,21,22). The third-order valence-electron chi connectivity index (χ3n) is 4.33. The molecule has 0 fully saturated rings. The quantitative estimate of drug-likeness (QED) is 0.733. The summed E-state index contributed by atoms with van der Waals surface area (Å²) in [6.45, 7) is 3.52. The molecule has 2 aromatic carbocycles. The highest BCUT2D eigenvalue weighted by atomic mass is 35.5. The van der Waals surface area contributed by atoms with Crippen molar-refractivity contribution in [3.05, 3.63) is 52.7 Å². The van der Waals surface area contributed by atoms with Crippen LogP contribution in [0, 0.1) is 13.8 Å². The Bertz CT molecular complexity index is 1100. The van der Waals surface area contributed by atoms with E-state index in [4.69, 9.17) is 11.6 Å². The fraction of sp³-hybridized carbons (Fsp3) is 0.222. The molecule has 6 nitrogen and oxygen atoms in total. The lowest BCUT2D eigenvalue weighted by atomic mass is 10.1. The maximum atomic E-state index is 13.0. The van der Waals surface area contributed by atoms with Crippen LogP contribution >= 0.6 is 11.6 Å². The van der Waals surface area contributed by atoms with Gasteiger partial charge in [-0.25, -0.2) is 8.42 Å². The molecule has 1 N–H and O–H groups in total. The predicted octanol–water partition coefficient (Wildman–Crippen LogP) is 3.77. The van der Waals surface area contributed by atoms with Crippen LogP contribution in [0.25, 0.3) is 10.8 Å². The van der Waals surface area contributed by atoms with Gasteiger partial charge >= 0.3 is 0 Å². The Kier molecular flexibility index (Phi) is 4.77. The van der Waals surface area contributed by atoms with Gasteiger partial charge < -0.3 is 4.90 Å². The Hall–Kier alpha value is -2.38. The van der Waals surface area contributed by atoms with Crippen molar-refractivity contribution in [3.63, 3.8) is 0 Å². The van der Waals surface area contributed by atoms with Crippen LogP contribution in [-0.4, -0.2) is 32.7 Å². The normalized spacial score (nSPS) is 11.6. The van der Waals surface area contributed by atoms with Gasteiger partial charge in [-0.1, -0.05) is 35.9 Å². The van der Waals surface area contributed by atoms with Crippen molar-refractivity contribution in [2.75, 3.05) is 23.7 Å². The van der Waals surface area contributed by atoms with E-state index in [1.807, 2.05) is 37.2 Å². The number of halogens is 1. The van der Waals surface area contributed by atoms with Crippen LogP contribution in [0.2, 0.25) is 5.15 Å². The molecule has 8 heteroatoms. The summed E-state index contributed by atoms with van der Waals surface area (Å²) in [6.07, 6.45) is 0. The molecule has 26 heavy (non-hydrogen) atoms. The van der Waals surface area contributed by atoms with Gasteiger partial charge in [-0.3, -0.25) is 4.72 Å². The second kappa shape index (κ2) is 6.74. The summed E-state index contributed by atoms with van der Waals surface area (Å²) in [5.74, 6) is 0.174. The fourth-order valence-electron chi connectivity index (χ4n) is 2.74. The summed E-state index contributed by atoms with van der Waals surface area (Å²) < 4.78 is 28.6. The first-order valence-electron chi connectivity index (χ1n) is 7.93. The van der Waals surface area contributed by atoms with Crippen LogP contribution < -0.4 is 9.62 Å². The van der Waals surface area contributed by atoms with Crippen LogP contribution in [0.5, 0.6) is 0 Å². The van der Waals surface area contributed by atoms with Crippen LogP contribution in [-0.2, 0) is 10.0 Å². The van der Waals surface area contributed by atoms with Crippen molar-refractivity contribution in [3.8, 4) is 0 Å². The van der Waals surface area contributed by atoms with Gasteiger partial charge in [-0.05, 0) is 31.5 Å². The maximum Gasteiger partial charge on any atom is 0.263 e. The zero-order valence-electron chi connectivity index (χ0n) is 14.9. The molecule has 0 aliphatic carbocycles. The zero-order valence-corrected chi connectivity index (χ0v) is 16.5. The minimum absolute atomic E-state index is 0.174. The van der Waals surface area contributed by atoms with Gasteiger partial charge in [-0.2, -0.15) is 0 Å². The first kappa shape index (κ1) is 18.4. The van der Waals surface area contributed by atoms with Gasteiger partial charge in [0.25, 0.3) is 10.0 Å². The number of nitrogens with one attached hydrogen (secondary N) is 1. The molecular formula is C18H19ClN4O2S. The monoisotopic (exact) mass is 390 g/mol. The van der Waals surface area contributed by atoms with Gasteiger partial charge in [0.05, 0.1) is 4.90 Å². The van der Waals surface area contributed by atoms with E-state index < -0.39 is 10.0 Å². The Labute approximate surface area is 157 Å². The summed E-state index contributed by atoms with van der Waals surface area (Å²) in [6, 6.07) is 10.8. The Morgan fingerprint density at radius 1 is 0.962 bits per heavy atom. The molecule has 0 aliphatic rings. The smallest absolute Gasteiger partial charge is 0.263 e. The molecule has 136 valence electrons. The second-order valence-electron chi connectivity index (χ2n) is 6.22. The SMILES string of the molecule is Cc1c(Cl)nnc(NS(=O)(=O)c2cccc3c(N(C)C)cccc23)c1C. The summed E-state index contributed by atoms with van der Waals surface area (Å²) in [5, 5.41) is 9.45. The number of fused-ring (bicyclic) bond motifs is 1. The van der Waals surface area contributed by atoms with Crippen molar-refractivity contribution >= 4 is 43.9 Å². The Morgan fingerprint density at radius 2 is 1.62 bits per heavy atom. The van der Waals surface area contributed by atoms with Gasteiger partial charge in [0.2, 0.25) is 0 Å². The molecule has 0 spiro atoms. The number of hydrogen-bond donors (Lipinski definition) is 1. The van der Waals surface area contributed by atoms with Gasteiger partial charge in [0, 0.05) is 36.1 Å². The summed E-state index contributed by atoms with van der Waals surface area (Å²) in [5.41, 5.74) is 2.27. The van der Waals surface area contributed by atoms with Crippen molar-refractivity contribution < 1.29 is 8.42 Å². The molecule has 0 amide bonds. The van der Waals surface area contributed by atoms with Gasteiger partial charge in [0.1, 0.15) is 0 Å². The largest absolute Gasteiger partial charge is 0.377 e. The fourth-order valence-corrected chi connectivity index (χ4v) is 4.21. The van der Waals surface area contributed by atoms with Gasteiger partial charge in [0.15, 0.2) is 11.0 Å². The molecule has 3 aromatic rings. The number of rotatable bonds is 4. The number of nitrogens with zero attached hydrogens (tertiary/aromatic N) is 3. The van der Waals surface area contributed by atoms with E-state index in [0.29, 0.717) is 16.5 Å². The van der Waals surface area contributed by atoms with Crippen LogP contribution in [0.4, 0.5) is 11.5 Å². The van der Waals surface area contributed by atoms with E-state index >= 15 is 0 Å². The van der Waals surface area contributed by atoms with E-state index in [9.17, 15) is 8.42 Å². The van der Waals surface area contributed by atoms with Gasteiger partial charge in [-0.15, -0.1) is 10.2 Å². The summed E-state index contributed by atoms with van der Waals surface area (Å²) in [4.78, 5) is 2.14. The molecule has 0 radical (unpaired) electrons. The van der Waals surface area contributed by atoms with E-state index in [-0.39, 0.29) is 15.9 Å². The number of hydrogen-bond acceptors (Lipinski definition) is 5. The molecule has 0 bridgehead atoms. The van der Waals surface area contributed by atoms with Crippen LogP contribution in [0.1, 0.15) is 11.1 Å². The van der Waals surface area contributed by atoms with E-state index in [1.165, 1.54) is 0 Å². The third kappa shape index (κ3) is 3.20. The molecule has 0 atom stereocenters. The predicted molar refractivity (Wildman–Crippen MR) is 106 cm³/mol. The van der Waals surface area contributed by atoms with Crippen molar-refractivity contribution in [2.24, 2.45) is 0 Å². The number of benzene rings is 2. The molecule has 0 unspecified atom stereocenters. The number of sulfonamides is 1. The lowest BCUT2D eigenvalue weighted by molar-refractivity contribution is 0.601. The topological polar surface area (TPSA) is 75.2 Å². The molecule has 1 heterocycles. The highest BCUT2D eigenvalue weighted by Crippen LogP contribution is 2.31. The van der Waals surface area contributed by atoms with Crippen LogP contribution in [0.15, 0.2) is 41.3 Å². The lowest BCUT2D eigenvalue weighted by Crippen LogP contribution is -2.16. The minimum Gasteiger partial charge on any atom is -0.377 e. The third-order valence-corrected chi connectivity index (χ3v) is 6.08. The van der Waals surface area contributed by atoms with E-state index in [0.717, 1.165) is 11.1 Å². The average Bonchev–Trinajstić information content (AvgIpc) is 2.61. The molecule has 3 rings (SSSR count). The lowest BCUT2D eigenvalue weighted by Gasteiger charge is -2.17. The maximum absolute atomic E-state index is 13.0. The summed E-state index contributed by atoms with van der Waals surface area (Å²) >= 11 is 5.94. The zero-order chi connectivity index (χ0) is 19.1. The Balaban J connectivity index is 2.14. The molecular weight excluding hydrogens is 372 g/mol. The first-order valence-corrected chi connectivity index (χ1v) is 9.79. The van der Waals surface area contributed by atoms with Crippen LogP contribution in [0.3, 0.4) is 0 Å².